The zero-order chi connectivity index (χ0) is 16.5. The van der Waals surface area contributed by atoms with Crippen molar-refractivity contribution in [1.82, 2.24) is 0 Å². The number of cyclic esters (lactones) is 1. The van der Waals surface area contributed by atoms with Crippen LogP contribution in [-0.4, -0.2) is 5.97 Å². The predicted octanol–water partition coefficient (Wildman–Crippen LogP) is 4.96. The van der Waals surface area contributed by atoms with Gasteiger partial charge >= 0.3 is 5.97 Å². The molecule has 0 atom stereocenters. The molecule has 4 rings (SSSR count). The lowest BCUT2D eigenvalue weighted by Gasteiger charge is -2.04. The Morgan fingerprint density at radius 3 is 2.42 bits per heavy atom. The number of fused-ring (bicyclic) bond motifs is 1. The van der Waals surface area contributed by atoms with E-state index in [9.17, 15) is 9.18 Å². The van der Waals surface area contributed by atoms with Crippen LogP contribution in [0.3, 0.4) is 0 Å². The molecule has 0 fully saturated rings. The van der Waals surface area contributed by atoms with Crippen molar-refractivity contribution >= 4 is 28.6 Å². The predicted molar refractivity (Wildman–Crippen MR) is 92.4 cm³/mol. The maximum atomic E-state index is 13.0. The molecule has 116 valence electrons. The number of ether oxygens (including phenoxy) is 1. The minimum absolute atomic E-state index is 0.307. The first-order chi connectivity index (χ1) is 11.7. The van der Waals surface area contributed by atoms with E-state index >= 15 is 0 Å². The number of hydrogen-bond acceptors (Lipinski definition) is 2. The van der Waals surface area contributed by atoms with Crippen LogP contribution in [-0.2, 0) is 9.53 Å². The van der Waals surface area contributed by atoms with Crippen LogP contribution in [0.15, 0.2) is 78.4 Å². The van der Waals surface area contributed by atoms with Crippen LogP contribution in [0.5, 0.6) is 0 Å². The SMILES string of the molecule is O=C1OC(c2ccc3ccccc3c2)=C/C1=C/c1ccc(F)cc1. The summed E-state index contributed by atoms with van der Waals surface area (Å²) in [6, 6.07) is 19.9. The van der Waals surface area contributed by atoms with Gasteiger partial charge in [0.05, 0.1) is 5.57 Å². The molecule has 24 heavy (non-hydrogen) atoms. The van der Waals surface area contributed by atoms with Gasteiger partial charge in [0.1, 0.15) is 11.6 Å². The van der Waals surface area contributed by atoms with Crippen molar-refractivity contribution < 1.29 is 13.9 Å². The zero-order valence-corrected chi connectivity index (χ0v) is 12.7. The van der Waals surface area contributed by atoms with Crippen molar-refractivity contribution in [2.24, 2.45) is 0 Å². The van der Waals surface area contributed by atoms with Crippen LogP contribution in [0, 0.1) is 5.82 Å². The molecule has 3 aromatic rings. The van der Waals surface area contributed by atoms with Crippen molar-refractivity contribution in [1.29, 1.82) is 0 Å². The first kappa shape index (κ1) is 14.4. The summed E-state index contributed by atoms with van der Waals surface area (Å²) >= 11 is 0. The van der Waals surface area contributed by atoms with E-state index in [4.69, 9.17) is 4.74 Å². The van der Waals surface area contributed by atoms with E-state index in [1.807, 2.05) is 42.5 Å². The fourth-order valence-corrected chi connectivity index (χ4v) is 2.71. The number of carbonyl (C=O) groups is 1. The van der Waals surface area contributed by atoms with Crippen LogP contribution in [0.1, 0.15) is 11.1 Å². The lowest BCUT2D eigenvalue weighted by molar-refractivity contribution is -0.130. The Labute approximate surface area is 138 Å². The van der Waals surface area contributed by atoms with Crippen molar-refractivity contribution in [2.75, 3.05) is 0 Å². The molecule has 0 amide bonds. The Morgan fingerprint density at radius 2 is 1.62 bits per heavy atom. The fraction of sp³-hybridized carbons (Fsp3) is 0. The summed E-state index contributed by atoms with van der Waals surface area (Å²) in [6.07, 6.45) is 3.41. The Balaban J connectivity index is 1.70. The van der Waals surface area contributed by atoms with Gasteiger partial charge in [0.25, 0.3) is 0 Å². The highest BCUT2D eigenvalue weighted by molar-refractivity contribution is 6.05. The molecule has 0 unspecified atom stereocenters. The molecular formula is C21H13FO2. The molecule has 0 aromatic heterocycles. The van der Waals surface area contributed by atoms with E-state index in [0.717, 1.165) is 21.9 Å². The number of rotatable bonds is 2. The monoisotopic (exact) mass is 316 g/mol. The van der Waals surface area contributed by atoms with Crippen molar-refractivity contribution in [2.45, 2.75) is 0 Å². The Kier molecular flexibility index (Phi) is 3.47. The molecule has 1 heterocycles. The van der Waals surface area contributed by atoms with Gasteiger partial charge in [0.2, 0.25) is 0 Å². The largest absolute Gasteiger partial charge is 0.422 e. The summed E-state index contributed by atoms with van der Waals surface area (Å²) in [5, 5.41) is 2.22. The smallest absolute Gasteiger partial charge is 0.343 e. The maximum Gasteiger partial charge on any atom is 0.343 e. The first-order valence-corrected chi connectivity index (χ1v) is 7.59. The molecule has 1 aliphatic heterocycles. The third kappa shape index (κ3) is 2.72. The number of carbonyl (C=O) groups excluding carboxylic acids is 1. The summed E-state index contributed by atoms with van der Waals surface area (Å²) in [6.45, 7) is 0. The van der Waals surface area contributed by atoms with Gasteiger partial charge in [-0.05, 0) is 46.7 Å². The standard InChI is InChI=1S/C21H13FO2/c22-19-9-5-14(6-10-19)11-18-13-20(24-21(18)23)17-8-7-15-3-1-2-4-16(15)12-17/h1-13H/b18-11-. The third-order valence-corrected chi connectivity index (χ3v) is 3.95. The summed E-state index contributed by atoms with van der Waals surface area (Å²) in [7, 11) is 0. The second kappa shape index (κ2) is 5.78. The maximum absolute atomic E-state index is 13.0. The molecule has 0 aliphatic carbocycles. The average molecular weight is 316 g/mol. The van der Waals surface area contributed by atoms with Crippen molar-refractivity contribution in [3.8, 4) is 0 Å². The topological polar surface area (TPSA) is 26.3 Å². The van der Waals surface area contributed by atoms with Crippen LogP contribution in [0.4, 0.5) is 4.39 Å². The molecule has 3 heteroatoms. The quantitative estimate of drug-likeness (QED) is 0.493. The minimum atomic E-state index is -0.400. The first-order valence-electron chi connectivity index (χ1n) is 7.59. The molecule has 1 aliphatic rings. The van der Waals surface area contributed by atoms with Gasteiger partial charge in [-0.3, -0.25) is 0 Å². The van der Waals surface area contributed by atoms with Crippen LogP contribution >= 0.6 is 0 Å². The molecule has 0 bridgehead atoms. The van der Waals surface area contributed by atoms with Crippen molar-refractivity contribution in [3.05, 3.63) is 95.3 Å². The Bertz CT molecular complexity index is 998. The zero-order valence-electron chi connectivity index (χ0n) is 12.7. The number of benzene rings is 3. The number of halogens is 1. The summed E-state index contributed by atoms with van der Waals surface area (Å²) in [4.78, 5) is 12.1. The molecule has 0 saturated heterocycles. The highest BCUT2D eigenvalue weighted by atomic mass is 19.1. The molecule has 3 aromatic carbocycles. The van der Waals surface area contributed by atoms with Gasteiger partial charge in [0, 0.05) is 5.56 Å². The van der Waals surface area contributed by atoms with Gasteiger partial charge in [-0.1, -0.05) is 48.5 Å². The van der Waals surface area contributed by atoms with E-state index in [1.54, 1.807) is 24.3 Å². The van der Waals surface area contributed by atoms with Gasteiger partial charge in [0.15, 0.2) is 0 Å². The molecule has 0 saturated carbocycles. The van der Waals surface area contributed by atoms with Gasteiger partial charge < -0.3 is 4.74 Å². The molecular weight excluding hydrogens is 303 g/mol. The number of hydrogen-bond donors (Lipinski definition) is 0. The average Bonchev–Trinajstić information content (AvgIpc) is 2.97. The molecule has 2 nitrogen and oxygen atoms in total. The summed E-state index contributed by atoms with van der Waals surface area (Å²) in [5.74, 6) is -0.180. The van der Waals surface area contributed by atoms with E-state index in [1.165, 1.54) is 12.1 Å². The second-order valence-corrected chi connectivity index (χ2v) is 5.61. The lowest BCUT2D eigenvalue weighted by atomic mass is 10.1. The second-order valence-electron chi connectivity index (χ2n) is 5.61. The van der Waals surface area contributed by atoms with Crippen LogP contribution in [0.25, 0.3) is 22.6 Å². The van der Waals surface area contributed by atoms with E-state index < -0.39 is 5.97 Å². The van der Waals surface area contributed by atoms with E-state index in [-0.39, 0.29) is 5.82 Å². The Morgan fingerprint density at radius 1 is 0.875 bits per heavy atom. The van der Waals surface area contributed by atoms with Gasteiger partial charge in [-0.15, -0.1) is 0 Å². The van der Waals surface area contributed by atoms with Crippen LogP contribution < -0.4 is 0 Å². The number of esters is 1. The lowest BCUT2D eigenvalue weighted by Crippen LogP contribution is -1.97. The van der Waals surface area contributed by atoms with Crippen LogP contribution in [0.2, 0.25) is 0 Å². The molecule has 0 radical (unpaired) electrons. The summed E-state index contributed by atoms with van der Waals surface area (Å²) in [5.41, 5.74) is 2.05. The highest BCUT2D eigenvalue weighted by Crippen LogP contribution is 2.29. The van der Waals surface area contributed by atoms with E-state index in [2.05, 4.69) is 0 Å². The molecule has 0 spiro atoms. The normalized spacial score (nSPS) is 15.6. The summed E-state index contributed by atoms with van der Waals surface area (Å²) < 4.78 is 18.3. The van der Waals surface area contributed by atoms with Crippen molar-refractivity contribution in [3.63, 3.8) is 0 Å². The minimum Gasteiger partial charge on any atom is -0.422 e. The highest BCUT2D eigenvalue weighted by Gasteiger charge is 2.22. The fourth-order valence-electron chi connectivity index (χ4n) is 2.71. The van der Waals surface area contributed by atoms with Gasteiger partial charge in [-0.2, -0.15) is 0 Å². The molecule has 0 N–H and O–H groups in total. The third-order valence-electron chi connectivity index (χ3n) is 3.95. The van der Waals surface area contributed by atoms with Gasteiger partial charge in [-0.25, -0.2) is 9.18 Å². The Hall–Kier alpha value is -3.20. The van der Waals surface area contributed by atoms with E-state index in [0.29, 0.717) is 11.3 Å².